The fraction of sp³-hybridized carbons (Fsp3) is 0.444. The van der Waals surface area contributed by atoms with Crippen molar-refractivity contribution in [3.63, 3.8) is 0 Å². The summed E-state index contributed by atoms with van der Waals surface area (Å²) >= 11 is 3.09. The van der Waals surface area contributed by atoms with Gasteiger partial charge >= 0.3 is 0 Å². The van der Waals surface area contributed by atoms with Gasteiger partial charge in [0.1, 0.15) is 0 Å². The van der Waals surface area contributed by atoms with E-state index in [-0.39, 0.29) is 0 Å². The van der Waals surface area contributed by atoms with Crippen molar-refractivity contribution in [2.24, 2.45) is 0 Å². The molecule has 13 heavy (non-hydrogen) atoms. The summed E-state index contributed by atoms with van der Waals surface area (Å²) in [6.45, 7) is 0. The summed E-state index contributed by atoms with van der Waals surface area (Å²) in [6.07, 6.45) is 0.689. The molecule has 0 N–H and O–H groups in total. The molecule has 0 aliphatic carbocycles. The summed E-state index contributed by atoms with van der Waals surface area (Å²) in [6, 6.07) is 4.03. The summed E-state index contributed by atoms with van der Waals surface area (Å²) in [5.74, 6) is 1.36. The van der Waals surface area contributed by atoms with Gasteiger partial charge in [-0.05, 0) is 12.1 Å². The maximum Gasteiger partial charge on any atom is 0.189 e. The van der Waals surface area contributed by atoms with Gasteiger partial charge in [-0.25, -0.2) is 0 Å². The molecule has 2 heterocycles. The molecule has 1 aromatic heterocycles. The molecule has 0 amide bonds. The quantitative estimate of drug-likeness (QED) is 0.756. The van der Waals surface area contributed by atoms with Crippen molar-refractivity contribution in [1.29, 1.82) is 0 Å². The number of thioether (sulfide) groups is 1. The van der Waals surface area contributed by atoms with Gasteiger partial charge in [0.15, 0.2) is 10.2 Å². The van der Waals surface area contributed by atoms with Gasteiger partial charge in [-0.2, -0.15) is 0 Å². The van der Waals surface area contributed by atoms with Crippen molar-refractivity contribution in [2.75, 3.05) is 12.9 Å². The molecular weight excluding hydrogens is 204 g/mol. The zero-order chi connectivity index (χ0) is 9.26. The Morgan fingerprint density at radius 3 is 2.92 bits per heavy atom. The Labute approximate surface area is 85.3 Å². The smallest absolute Gasteiger partial charge is 0.189 e. The monoisotopic (exact) mass is 214 g/mol. The maximum absolute atomic E-state index is 11.0. The van der Waals surface area contributed by atoms with Crippen LogP contribution < -0.4 is 4.74 Å². The molecular formula is C9H10O2S2. The zero-order valence-corrected chi connectivity index (χ0v) is 8.91. The van der Waals surface area contributed by atoms with Crippen molar-refractivity contribution >= 4 is 28.2 Å². The summed E-state index contributed by atoms with van der Waals surface area (Å²) < 4.78 is 5.11. The second-order valence-corrected chi connectivity index (χ2v) is 5.10. The van der Waals surface area contributed by atoms with E-state index in [0.717, 1.165) is 10.8 Å². The average Bonchev–Trinajstić information content (AvgIpc) is 2.71. The van der Waals surface area contributed by atoms with Crippen LogP contribution in [-0.4, -0.2) is 18.0 Å². The third-order valence-corrected chi connectivity index (χ3v) is 4.33. The lowest BCUT2D eigenvalue weighted by molar-refractivity contribution is -0.110. The number of methoxy groups -OCH3 is 1. The van der Waals surface area contributed by atoms with Crippen LogP contribution in [0.5, 0.6) is 5.06 Å². The van der Waals surface area contributed by atoms with Crippen molar-refractivity contribution in [3.8, 4) is 5.06 Å². The highest BCUT2D eigenvalue weighted by molar-refractivity contribution is 8.14. The lowest BCUT2D eigenvalue weighted by atomic mass is 10.1. The second kappa shape index (κ2) is 3.72. The van der Waals surface area contributed by atoms with E-state index in [1.165, 1.54) is 16.6 Å². The van der Waals surface area contributed by atoms with Crippen LogP contribution in [0.1, 0.15) is 17.2 Å². The van der Waals surface area contributed by atoms with Gasteiger partial charge in [-0.1, -0.05) is 11.8 Å². The minimum atomic E-state index is 0.317. The number of carbonyl (C=O) groups excluding carboxylic acids is 1. The molecule has 0 aromatic carbocycles. The first kappa shape index (κ1) is 9.09. The summed E-state index contributed by atoms with van der Waals surface area (Å²) in [5, 5.41) is 1.25. The molecule has 1 atom stereocenters. The molecule has 70 valence electrons. The van der Waals surface area contributed by atoms with Crippen LogP contribution in [0.15, 0.2) is 12.1 Å². The Kier molecular flexibility index (Phi) is 2.60. The minimum Gasteiger partial charge on any atom is -0.487 e. The lowest BCUT2D eigenvalue weighted by Gasteiger charge is -2.01. The average molecular weight is 214 g/mol. The Hall–Kier alpha value is -0.480. The molecule has 1 aromatic rings. The van der Waals surface area contributed by atoms with Crippen molar-refractivity contribution in [3.05, 3.63) is 17.0 Å². The predicted octanol–water partition coefficient (Wildman–Crippen LogP) is 2.50. The first-order valence-corrected chi connectivity index (χ1v) is 5.89. The second-order valence-electron chi connectivity index (χ2n) is 2.94. The minimum absolute atomic E-state index is 0.317. The molecule has 4 heteroatoms. The van der Waals surface area contributed by atoms with Crippen LogP contribution in [0.25, 0.3) is 0 Å². The van der Waals surface area contributed by atoms with Crippen molar-refractivity contribution in [1.82, 2.24) is 0 Å². The summed E-state index contributed by atoms with van der Waals surface area (Å²) in [5.41, 5.74) is 0. The number of hydrogen-bond acceptors (Lipinski definition) is 4. The highest BCUT2D eigenvalue weighted by atomic mass is 32.2. The topological polar surface area (TPSA) is 26.3 Å². The Balaban J connectivity index is 2.12. The lowest BCUT2D eigenvalue weighted by Crippen LogP contribution is -1.92. The molecule has 0 bridgehead atoms. The third-order valence-electron chi connectivity index (χ3n) is 2.06. The summed E-state index contributed by atoms with van der Waals surface area (Å²) in [7, 11) is 1.67. The molecule has 1 fully saturated rings. The van der Waals surface area contributed by atoms with Gasteiger partial charge in [0.25, 0.3) is 0 Å². The Morgan fingerprint density at radius 2 is 2.38 bits per heavy atom. The van der Waals surface area contributed by atoms with E-state index in [9.17, 15) is 4.79 Å². The molecule has 2 nitrogen and oxygen atoms in total. The van der Waals surface area contributed by atoms with Crippen molar-refractivity contribution in [2.45, 2.75) is 12.3 Å². The predicted molar refractivity (Wildman–Crippen MR) is 55.7 cm³/mol. The van der Waals surface area contributed by atoms with Crippen molar-refractivity contribution < 1.29 is 9.53 Å². The molecule has 1 saturated heterocycles. The largest absolute Gasteiger partial charge is 0.487 e. The van der Waals surface area contributed by atoms with Gasteiger partial charge in [-0.3, -0.25) is 4.79 Å². The Morgan fingerprint density at radius 1 is 1.54 bits per heavy atom. The highest BCUT2D eigenvalue weighted by Gasteiger charge is 2.25. The van der Waals surface area contributed by atoms with E-state index in [1.54, 1.807) is 18.4 Å². The molecule has 0 radical (unpaired) electrons. The van der Waals surface area contributed by atoms with Crippen LogP contribution in [0.4, 0.5) is 0 Å². The van der Waals surface area contributed by atoms with E-state index in [1.807, 2.05) is 6.07 Å². The van der Waals surface area contributed by atoms with E-state index in [2.05, 4.69) is 6.07 Å². The van der Waals surface area contributed by atoms with Crippen LogP contribution in [0.3, 0.4) is 0 Å². The number of ether oxygens (including phenoxy) is 1. The molecule has 1 aliphatic heterocycles. The highest BCUT2D eigenvalue weighted by Crippen LogP contribution is 2.38. The first-order chi connectivity index (χ1) is 6.29. The number of hydrogen-bond donors (Lipinski definition) is 0. The fourth-order valence-electron chi connectivity index (χ4n) is 1.36. The van der Waals surface area contributed by atoms with Crippen LogP contribution >= 0.6 is 23.1 Å². The van der Waals surface area contributed by atoms with Gasteiger partial charge < -0.3 is 4.74 Å². The normalized spacial score (nSPS) is 22.2. The zero-order valence-electron chi connectivity index (χ0n) is 7.28. The maximum atomic E-state index is 11.0. The van der Waals surface area contributed by atoms with E-state index in [4.69, 9.17) is 4.74 Å². The molecule has 1 aliphatic rings. The van der Waals surface area contributed by atoms with Crippen LogP contribution in [-0.2, 0) is 4.79 Å². The van der Waals surface area contributed by atoms with Crippen LogP contribution in [0, 0.1) is 0 Å². The third kappa shape index (κ3) is 1.89. The number of rotatable bonds is 2. The molecule has 1 unspecified atom stereocenters. The molecule has 2 rings (SSSR count). The first-order valence-electron chi connectivity index (χ1n) is 4.09. The Bertz CT molecular complexity index is 319. The summed E-state index contributed by atoms with van der Waals surface area (Å²) in [4.78, 5) is 12.3. The number of thiophene rings is 1. The standard InChI is InChI=1S/C9H10O2S2/c1-11-9-3-2-7(13-9)6-4-8(10)12-5-6/h2-3,6H,4-5H2,1H3. The fourth-order valence-corrected chi connectivity index (χ4v) is 3.39. The van der Waals surface area contributed by atoms with E-state index < -0.39 is 0 Å². The van der Waals surface area contributed by atoms with Gasteiger partial charge in [0, 0.05) is 23.0 Å². The SMILES string of the molecule is COc1ccc(C2CSC(=O)C2)s1. The number of carbonyl (C=O) groups is 1. The molecule has 0 saturated carbocycles. The van der Waals surface area contributed by atoms with E-state index >= 15 is 0 Å². The van der Waals surface area contributed by atoms with Gasteiger partial charge in [0.05, 0.1) is 7.11 Å². The van der Waals surface area contributed by atoms with Crippen LogP contribution in [0.2, 0.25) is 0 Å². The van der Waals surface area contributed by atoms with Gasteiger partial charge in [0.2, 0.25) is 0 Å². The molecule has 0 spiro atoms. The van der Waals surface area contributed by atoms with Gasteiger partial charge in [-0.15, -0.1) is 11.3 Å². The van der Waals surface area contributed by atoms with E-state index in [0.29, 0.717) is 17.5 Å².